The molecule has 0 heterocycles. The quantitative estimate of drug-likeness (QED) is 0.431. The third-order valence-electron chi connectivity index (χ3n) is 5.13. The van der Waals surface area contributed by atoms with E-state index in [-0.39, 0.29) is 25.8 Å². The number of fused-ring (bicyclic) bond motifs is 1. The van der Waals surface area contributed by atoms with Crippen molar-refractivity contribution in [2.45, 2.75) is 71.6 Å². The number of allylic oxidation sites excluding steroid dienone is 1. The van der Waals surface area contributed by atoms with E-state index in [1.807, 2.05) is 0 Å². The molecule has 0 unspecified atom stereocenters. The van der Waals surface area contributed by atoms with Crippen LogP contribution in [-0.2, 0) is 15.6 Å². The molecule has 0 spiro atoms. The van der Waals surface area contributed by atoms with Gasteiger partial charge in [0.05, 0.1) is 0 Å². The van der Waals surface area contributed by atoms with E-state index in [0.717, 1.165) is 22.7 Å². The van der Waals surface area contributed by atoms with Crippen molar-refractivity contribution in [3.8, 4) is 16.5 Å². The molecule has 0 saturated carbocycles. The number of carbonyl (C=O) groups is 1. The van der Waals surface area contributed by atoms with Crippen molar-refractivity contribution in [2.24, 2.45) is 0 Å². The second-order valence-corrected chi connectivity index (χ2v) is 10.2. The molecule has 3 nitrogen and oxygen atoms in total. The minimum absolute atomic E-state index is 0.0939. The monoisotopic (exact) mass is 434 g/mol. The van der Waals surface area contributed by atoms with Crippen molar-refractivity contribution in [3.63, 3.8) is 0 Å². The molecule has 0 aromatic heterocycles. The predicted molar refractivity (Wildman–Crippen MR) is 112 cm³/mol. The molecule has 1 N–H and O–H groups in total. The van der Waals surface area contributed by atoms with Crippen LogP contribution in [0.3, 0.4) is 0 Å². The number of hydrogen-bond acceptors (Lipinski definition) is 2. The van der Waals surface area contributed by atoms with Gasteiger partial charge in [0.25, 0.3) is 0 Å². The van der Waals surface area contributed by atoms with Gasteiger partial charge in [-0.3, -0.25) is 0 Å². The van der Waals surface area contributed by atoms with Gasteiger partial charge < -0.3 is 0 Å². The van der Waals surface area contributed by atoms with Crippen LogP contribution in [0.1, 0.15) is 71.9 Å². The van der Waals surface area contributed by atoms with Crippen LogP contribution in [0, 0.1) is 10.7 Å². The second kappa shape index (κ2) is 8.55. The second-order valence-electron chi connectivity index (χ2n) is 8.46. The number of hydrogen-bond donors (Lipinski definition) is 1. The first kappa shape index (κ1) is 21.6. The zero-order valence-electron chi connectivity index (χ0n) is 17.2. The number of carboxylic acids is 1. The van der Waals surface area contributed by atoms with Gasteiger partial charge in [0, 0.05) is 0 Å². The van der Waals surface area contributed by atoms with Gasteiger partial charge in [-0.15, -0.1) is 0 Å². The number of carboxylic acid groups (broad SMARTS) is 1. The Kier molecular flexibility index (Phi) is 6.84. The fourth-order valence-corrected chi connectivity index (χ4v) is 4.87. The fourth-order valence-electron chi connectivity index (χ4n) is 3.36. The summed E-state index contributed by atoms with van der Waals surface area (Å²) >= 11 is -0.0939. The number of rotatable bonds is 5. The molecule has 0 bridgehead atoms. The van der Waals surface area contributed by atoms with Gasteiger partial charge in [0.1, 0.15) is 0 Å². The van der Waals surface area contributed by atoms with Gasteiger partial charge >= 0.3 is 170 Å². The maximum absolute atomic E-state index is 10.7. The number of aliphatic carboxylic acids is 1. The molecule has 2 rings (SSSR count). The van der Waals surface area contributed by atoms with Crippen LogP contribution in [0.5, 0.6) is 5.75 Å². The van der Waals surface area contributed by atoms with E-state index in [0.29, 0.717) is 12.2 Å². The Morgan fingerprint density at radius 2 is 1.81 bits per heavy atom. The van der Waals surface area contributed by atoms with Gasteiger partial charge in [-0.1, -0.05) is 0 Å². The first-order valence-electron chi connectivity index (χ1n) is 9.48. The Morgan fingerprint density at radius 1 is 1.22 bits per heavy atom. The van der Waals surface area contributed by atoms with Gasteiger partial charge in [-0.05, 0) is 0 Å². The van der Waals surface area contributed by atoms with Crippen LogP contribution in [0.25, 0.3) is 0 Å². The summed E-state index contributed by atoms with van der Waals surface area (Å²) in [6.45, 7) is 13.8. The van der Waals surface area contributed by atoms with Crippen molar-refractivity contribution in [1.29, 1.82) is 0 Å². The van der Waals surface area contributed by atoms with Crippen LogP contribution < -0.4 is 9.20 Å². The van der Waals surface area contributed by atoms with Crippen LogP contribution in [0.4, 0.5) is 0 Å². The SMILES string of the molecule is CCCOc1cc2c(cc1[Se]C#C/C(C)=C/C(=O)O)C(C)(C)CCC2(C)C. The van der Waals surface area contributed by atoms with E-state index in [1.165, 1.54) is 24.0 Å². The van der Waals surface area contributed by atoms with Crippen molar-refractivity contribution in [2.75, 3.05) is 6.61 Å². The Balaban J connectivity index is 2.47. The van der Waals surface area contributed by atoms with Crippen LogP contribution >= 0.6 is 0 Å². The normalized spacial score (nSPS) is 17.5. The fraction of sp³-hybridized carbons (Fsp3) is 0.522. The zero-order valence-corrected chi connectivity index (χ0v) is 18.9. The molecule has 1 aromatic carbocycles. The molecule has 0 fully saturated rings. The van der Waals surface area contributed by atoms with Crippen molar-refractivity contribution in [3.05, 3.63) is 34.9 Å². The molecule has 4 heteroatoms. The average molecular weight is 433 g/mol. The van der Waals surface area contributed by atoms with Crippen LogP contribution in [0.2, 0.25) is 0 Å². The van der Waals surface area contributed by atoms with Crippen LogP contribution in [-0.4, -0.2) is 32.6 Å². The zero-order chi connectivity index (χ0) is 20.2. The third-order valence-corrected chi connectivity index (χ3v) is 6.69. The van der Waals surface area contributed by atoms with E-state index in [9.17, 15) is 4.79 Å². The molecular formula is C23H30O3Se. The summed E-state index contributed by atoms with van der Waals surface area (Å²) in [4.78, 5) is 13.9. The van der Waals surface area contributed by atoms with E-state index < -0.39 is 5.97 Å². The summed E-state index contributed by atoms with van der Waals surface area (Å²) in [5.74, 6) is 2.95. The van der Waals surface area contributed by atoms with E-state index in [2.05, 4.69) is 57.5 Å². The molecular weight excluding hydrogens is 403 g/mol. The summed E-state index contributed by atoms with van der Waals surface area (Å²) in [6.07, 6.45) is 4.45. The topological polar surface area (TPSA) is 46.5 Å². The summed E-state index contributed by atoms with van der Waals surface area (Å²) < 4.78 is 7.22. The summed E-state index contributed by atoms with van der Waals surface area (Å²) in [5, 5.41) is 8.82. The predicted octanol–water partition coefficient (Wildman–Crippen LogP) is 4.15. The molecule has 1 aromatic rings. The Morgan fingerprint density at radius 3 is 2.37 bits per heavy atom. The van der Waals surface area contributed by atoms with Gasteiger partial charge in [-0.2, -0.15) is 0 Å². The molecule has 1 aliphatic carbocycles. The molecule has 0 atom stereocenters. The first-order chi connectivity index (χ1) is 12.6. The minimum atomic E-state index is -0.959. The first-order valence-corrected chi connectivity index (χ1v) is 11.2. The van der Waals surface area contributed by atoms with Gasteiger partial charge in [-0.25, -0.2) is 0 Å². The molecule has 27 heavy (non-hydrogen) atoms. The summed E-state index contributed by atoms with van der Waals surface area (Å²) in [7, 11) is 0. The average Bonchev–Trinajstić information content (AvgIpc) is 2.56. The van der Waals surface area contributed by atoms with Gasteiger partial charge in [0.15, 0.2) is 0 Å². The van der Waals surface area contributed by atoms with E-state index >= 15 is 0 Å². The van der Waals surface area contributed by atoms with Gasteiger partial charge in [0.2, 0.25) is 0 Å². The Bertz CT molecular complexity index is 807. The number of benzene rings is 1. The standard InChI is InChI=1S/C23H30O3Se/c1-7-11-26-19-14-17-18(23(5,6)10-9-22(17,3)4)15-20(19)27-12-8-16(2)13-21(24)25/h13-15H,7,9-11H2,1-6H3,(H,24,25)/b16-13+. The molecule has 0 radical (unpaired) electrons. The van der Waals surface area contributed by atoms with Crippen molar-refractivity contribution >= 4 is 25.4 Å². The summed E-state index contributed by atoms with van der Waals surface area (Å²) in [5.41, 5.74) is 3.65. The number of ether oxygens (including phenoxy) is 1. The molecule has 0 amide bonds. The Labute approximate surface area is 169 Å². The van der Waals surface area contributed by atoms with Crippen molar-refractivity contribution in [1.82, 2.24) is 0 Å². The van der Waals surface area contributed by atoms with E-state index in [4.69, 9.17) is 9.84 Å². The van der Waals surface area contributed by atoms with Crippen molar-refractivity contribution < 1.29 is 14.6 Å². The Hall–Kier alpha value is -1.69. The maximum atomic E-state index is 10.7. The summed E-state index contributed by atoms with van der Waals surface area (Å²) in [6, 6.07) is 4.54. The molecule has 1 aliphatic rings. The molecule has 0 saturated heterocycles. The molecule has 146 valence electrons. The third kappa shape index (κ3) is 5.41. The van der Waals surface area contributed by atoms with Crippen LogP contribution in [0.15, 0.2) is 23.8 Å². The molecule has 0 aliphatic heterocycles. The van der Waals surface area contributed by atoms with E-state index in [1.54, 1.807) is 6.92 Å².